The van der Waals surface area contributed by atoms with Crippen LogP contribution in [0.2, 0.25) is 0 Å². The third-order valence-corrected chi connectivity index (χ3v) is 4.17. The van der Waals surface area contributed by atoms with Crippen molar-refractivity contribution >= 4 is 11.6 Å². The van der Waals surface area contributed by atoms with Crippen molar-refractivity contribution in [3.8, 4) is 11.4 Å². The zero-order valence-electron chi connectivity index (χ0n) is 15.3. The summed E-state index contributed by atoms with van der Waals surface area (Å²) in [4.78, 5) is 12.1. The first-order chi connectivity index (χ1) is 13.2. The van der Waals surface area contributed by atoms with E-state index in [0.29, 0.717) is 6.54 Å². The molecule has 0 unspecified atom stereocenters. The molecular formula is C19H22N6O2. The highest BCUT2D eigenvalue weighted by atomic mass is 16.5. The van der Waals surface area contributed by atoms with E-state index in [1.54, 1.807) is 11.8 Å². The van der Waals surface area contributed by atoms with Crippen molar-refractivity contribution in [1.82, 2.24) is 25.5 Å². The van der Waals surface area contributed by atoms with Gasteiger partial charge >= 0.3 is 0 Å². The molecule has 27 heavy (non-hydrogen) atoms. The summed E-state index contributed by atoms with van der Waals surface area (Å²) in [5.41, 5.74) is 3.88. The van der Waals surface area contributed by atoms with E-state index in [2.05, 4.69) is 26.2 Å². The van der Waals surface area contributed by atoms with E-state index < -0.39 is 0 Å². The molecule has 1 heterocycles. The number of hydrogen-bond acceptors (Lipinski definition) is 6. The Balaban J connectivity index is 1.48. The summed E-state index contributed by atoms with van der Waals surface area (Å²) in [6.45, 7) is 2.76. The highest BCUT2D eigenvalue weighted by molar-refractivity contribution is 5.81. The van der Waals surface area contributed by atoms with Gasteiger partial charge in [-0.25, -0.2) is 4.68 Å². The number of amides is 1. The Labute approximate surface area is 157 Å². The molecule has 0 radical (unpaired) electrons. The molecule has 0 saturated heterocycles. The summed E-state index contributed by atoms with van der Waals surface area (Å²) in [5.74, 6) is 0.766. The van der Waals surface area contributed by atoms with Gasteiger partial charge in [-0.2, -0.15) is 0 Å². The number of rotatable bonds is 8. The van der Waals surface area contributed by atoms with Gasteiger partial charge in [0.05, 0.1) is 19.3 Å². The predicted octanol–water partition coefficient (Wildman–Crippen LogP) is 1.75. The van der Waals surface area contributed by atoms with Crippen molar-refractivity contribution in [2.75, 3.05) is 25.5 Å². The molecule has 8 heteroatoms. The number of benzene rings is 2. The first-order valence-electron chi connectivity index (χ1n) is 8.63. The van der Waals surface area contributed by atoms with E-state index in [1.165, 1.54) is 6.33 Å². The summed E-state index contributed by atoms with van der Waals surface area (Å²) in [7, 11) is 1.64. The third kappa shape index (κ3) is 5.04. The number of anilines is 1. The molecule has 3 rings (SSSR count). The largest absolute Gasteiger partial charge is 0.497 e. The molecule has 1 aromatic heterocycles. The molecule has 140 valence electrons. The lowest BCUT2D eigenvalue weighted by Crippen LogP contribution is -2.31. The maximum atomic E-state index is 12.1. The maximum Gasteiger partial charge on any atom is 0.239 e. The number of aryl methyl sites for hydroxylation is 1. The van der Waals surface area contributed by atoms with Crippen molar-refractivity contribution in [2.45, 2.75) is 13.3 Å². The molecule has 1 amide bonds. The molecule has 0 aliphatic carbocycles. The first kappa shape index (κ1) is 18.4. The molecule has 2 aromatic carbocycles. The fourth-order valence-corrected chi connectivity index (χ4v) is 2.60. The number of hydrogen-bond donors (Lipinski definition) is 2. The Bertz CT molecular complexity index is 878. The Morgan fingerprint density at radius 2 is 2.00 bits per heavy atom. The minimum absolute atomic E-state index is 0.0595. The normalized spacial score (nSPS) is 10.4. The minimum Gasteiger partial charge on any atom is -0.497 e. The first-order valence-corrected chi connectivity index (χ1v) is 8.63. The number of nitrogens with zero attached hydrogens (tertiary/aromatic N) is 4. The second-order valence-electron chi connectivity index (χ2n) is 6.06. The van der Waals surface area contributed by atoms with Crippen LogP contribution in [0.1, 0.15) is 11.1 Å². The van der Waals surface area contributed by atoms with E-state index >= 15 is 0 Å². The monoisotopic (exact) mass is 366 g/mol. The van der Waals surface area contributed by atoms with Crippen molar-refractivity contribution in [1.29, 1.82) is 0 Å². The van der Waals surface area contributed by atoms with Crippen molar-refractivity contribution in [3.05, 3.63) is 59.9 Å². The van der Waals surface area contributed by atoms with Gasteiger partial charge in [-0.15, -0.1) is 5.10 Å². The molecule has 0 bridgehead atoms. The molecule has 0 aliphatic rings. The quantitative estimate of drug-likeness (QED) is 0.631. The van der Waals surface area contributed by atoms with Crippen LogP contribution in [-0.4, -0.2) is 46.3 Å². The van der Waals surface area contributed by atoms with Gasteiger partial charge in [0.15, 0.2) is 0 Å². The lowest BCUT2D eigenvalue weighted by atomic mass is 10.1. The molecule has 0 aliphatic heterocycles. The average Bonchev–Trinajstić information content (AvgIpc) is 3.23. The lowest BCUT2D eigenvalue weighted by molar-refractivity contribution is -0.119. The van der Waals surface area contributed by atoms with Crippen LogP contribution in [0.5, 0.6) is 5.75 Å². The van der Waals surface area contributed by atoms with Gasteiger partial charge in [-0.3, -0.25) is 4.79 Å². The van der Waals surface area contributed by atoms with E-state index in [1.807, 2.05) is 49.4 Å². The van der Waals surface area contributed by atoms with Crippen molar-refractivity contribution < 1.29 is 9.53 Å². The van der Waals surface area contributed by atoms with Crippen LogP contribution < -0.4 is 15.4 Å². The van der Waals surface area contributed by atoms with E-state index in [9.17, 15) is 4.79 Å². The molecule has 0 saturated carbocycles. The number of ether oxygens (including phenoxy) is 1. The molecule has 3 aromatic rings. The molecule has 0 spiro atoms. The van der Waals surface area contributed by atoms with Crippen LogP contribution >= 0.6 is 0 Å². The summed E-state index contributed by atoms with van der Waals surface area (Å²) >= 11 is 0. The van der Waals surface area contributed by atoms with Crippen LogP contribution in [0.25, 0.3) is 5.69 Å². The number of carbonyl (C=O) groups is 1. The Morgan fingerprint density at radius 1 is 1.19 bits per heavy atom. The Hall–Kier alpha value is -3.42. The molecule has 8 nitrogen and oxygen atoms in total. The predicted molar refractivity (Wildman–Crippen MR) is 102 cm³/mol. The van der Waals surface area contributed by atoms with E-state index in [0.717, 1.165) is 34.7 Å². The van der Waals surface area contributed by atoms with Gasteiger partial charge in [-0.05, 0) is 59.2 Å². The van der Waals surface area contributed by atoms with Crippen molar-refractivity contribution in [3.63, 3.8) is 0 Å². The number of nitrogens with one attached hydrogen (secondary N) is 2. The molecule has 0 atom stereocenters. The smallest absolute Gasteiger partial charge is 0.239 e. The Morgan fingerprint density at radius 3 is 2.70 bits per heavy atom. The van der Waals surface area contributed by atoms with Gasteiger partial charge < -0.3 is 15.4 Å². The Kier molecular flexibility index (Phi) is 5.98. The number of methoxy groups -OCH3 is 1. The van der Waals surface area contributed by atoms with Crippen LogP contribution in [0.15, 0.2) is 48.8 Å². The molecular weight excluding hydrogens is 344 g/mol. The van der Waals surface area contributed by atoms with E-state index in [-0.39, 0.29) is 12.5 Å². The lowest BCUT2D eigenvalue weighted by Gasteiger charge is -2.12. The zero-order chi connectivity index (χ0) is 19.1. The van der Waals surface area contributed by atoms with Gasteiger partial charge in [0.1, 0.15) is 12.1 Å². The zero-order valence-corrected chi connectivity index (χ0v) is 15.3. The molecule has 0 fully saturated rings. The molecule has 2 N–H and O–H groups in total. The average molecular weight is 366 g/mol. The summed E-state index contributed by atoms with van der Waals surface area (Å²) in [6.07, 6.45) is 2.30. The number of carbonyl (C=O) groups excluding carboxylic acids is 1. The van der Waals surface area contributed by atoms with Crippen LogP contribution in [0, 0.1) is 6.92 Å². The second-order valence-corrected chi connectivity index (χ2v) is 6.06. The van der Waals surface area contributed by atoms with Gasteiger partial charge in [0, 0.05) is 12.2 Å². The summed E-state index contributed by atoms with van der Waals surface area (Å²) in [6, 6.07) is 13.6. The van der Waals surface area contributed by atoms with Crippen LogP contribution in [0.4, 0.5) is 5.69 Å². The minimum atomic E-state index is -0.0595. The number of tetrazole rings is 1. The van der Waals surface area contributed by atoms with Crippen molar-refractivity contribution in [2.24, 2.45) is 0 Å². The van der Waals surface area contributed by atoms with Gasteiger partial charge in [0.2, 0.25) is 5.91 Å². The second kappa shape index (κ2) is 8.79. The summed E-state index contributed by atoms with van der Waals surface area (Å²) < 4.78 is 6.71. The summed E-state index contributed by atoms with van der Waals surface area (Å²) in [5, 5.41) is 17.2. The highest BCUT2D eigenvalue weighted by Crippen LogP contribution is 2.18. The SMILES string of the molecule is COc1ccc(CCNC(=O)CNc2cc(-n3cnnn3)ccc2C)cc1. The third-order valence-electron chi connectivity index (χ3n) is 4.17. The fraction of sp³-hybridized carbons (Fsp3) is 0.263. The maximum absolute atomic E-state index is 12.1. The fourth-order valence-electron chi connectivity index (χ4n) is 2.60. The van der Waals surface area contributed by atoms with Crippen LogP contribution in [0.3, 0.4) is 0 Å². The van der Waals surface area contributed by atoms with Gasteiger partial charge in [-0.1, -0.05) is 18.2 Å². The number of aromatic nitrogens is 4. The van der Waals surface area contributed by atoms with Gasteiger partial charge in [0.25, 0.3) is 0 Å². The van der Waals surface area contributed by atoms with E-state index in [4.69, 9.17) is 4.74 Å². The van der Waals surface area contributed by atoms with Crippen LogP contribution in [-0.2, 0) is 11.2 Å². The topological polar surface area (TPSA) is 94.0 Å². The standard InChI is InChI=1S/C19H22N6O2/c1-14-3-6-16(25-13-22-23-24-25)11-18(14)21-12-19(26)20-10-9-15-4-7-17(27-2)8-5-15/h3-8,11,13,21H,9-10,12H2,1-2H3,(H,20,26). The highest BCUT2D eigenvalue weighted by Gasteiger charge is 2.06.